The highest BCUT2D eigenvalue weighted by molar-refractivity contribution is 5.91. The highest BCUT2D eigenvalue weighted by Gasteiger charge is 2.24. The van der Waals surface area contributed by atoms with E-state index in [2.05, 4.69) is 29.3 Å². The number of hydrogen-bond acceptors (Lipinski definition) is 3. The molecule has 1 N–H and O–H groups in total. The van der Waals surface area contributed by atoms with Gasteiger partial charge in [-0.1, -0.05) is 13.8 Å². The largest absolute Gasteiger partial charge is 0.337 e. The predicted octanol–water partition coefficient (Wildman–Crippen LogP) is 1.70. The lowest BCUT2D eigenvalue weighted by Crippen LogP contribution is -2.32. The van der Waals surface area contributed by atoms with E-state index in [0.717, 1.165) is 31.8 Å². The molecule has 5 nitrogen and oxygen atoms in total. The maximum Gasteiger partial charge on any atom is 0.276 e. The number of rotatable bonds is 2. The molecule has 1 aromatic rings. The molecule has 2 rings (SSSR count). The third kappa shape index (κ3) is 2.84. The van der Waals surface area contributed by atoms with Crippen LogP contribution >= 0.6 is 0 Å². The van der Waals surface area contributed by atoms with Gasteiger partial charge in [0.1, 0.15) is 0 Å². The molecular formula is C12H20N4O. The van der Waals surface area contributed by atoms with Crippen molar-refractivity contribution in [3.63, 3.8) is 0 Å². The molecule has 0 aliphatic carbocycles. The van der Waals surface area contributed by atoms with Gasteiger partial charge in [-0.2, -0.15) is 15.4 Å². The van der Waals surface area contributed by atoms with Crippen LogP contribution in [0, 0.1) is 11.8 Å². The van der Waals surface area contributed by atoms with Crippen LogP contribution in [0.5, 0.6) is 0 Å². The molecule has 0 saturated carbocycles. The zero-order valence-corrected chi connectivity index (χ0v) is 10.5. The van der Waals surface area contributed by atoms with Crippen molar-refractivity contribution in [3.05, 3.63) is 11.9 Å². The first kappa shape index (κ1) is 12.1. The molecule has 1 fully saturated rings. The molecule has 2 heterocycles. The molecule has 0 radical (unpaired) electrons. The van der Waals surface area contributed by atoms with Crippen LogP contribution in [0.1, 0.15) is 43.6 Å². The molecular weight excluding hydrogens is 216 g/mol. The second-order valence-electron chi connectivity index (χ2n) is 5.08. The number of aromatic nitrogens is 3. The lowest BCUT2D eigenvalue weighted by Gasteiger charge is -2.20. The molecule has 0 aromatic carbocycles. The topological polar surface area (TPSA) is 61.9 Å². The quantitative estimate of drug-likeness (QED) is 0.850. The first-order valence-corrected chi connectivity index (χ1v) is 6.33. The molecule has 1 aromatic heterocycles. The Labute approximate surface area is 102 Å². The lowest BCUT2D eigenvalue weighted by molar-refractivity contribution is 0.0753. The van der Waals surface area contributed by atoms with Gasteiger partial charge in [0.25, 0.3) is 5.91 Å². The predicted molar refractivity (Wildman–Crippen MR) is 64.5 cm³/mol. The van der Waals surface area contributed by atoms with E-state index in [1.54, 1.807) is 0 Å². The van der Waals surface area contributed by atoms with Crippen LogP contribution in [-0.2, 0) is 0 Å². The minimum Gasteiger partial charge on any atom is -0.337 e. The van der Waals surface area contributed by atoms with Gasteiger partial charge in [-0.15, -0.1) is 0 Å². The van der Waals surface area contributed by atoms with Crippen LogP contribution in [0.15, 0.2) is 6.20 Å². The standard InChI is InChI=1S/C12H20N4O/c1-9(2)10-4-3-6-16(7-5-10)12(17)11-8-13-15-14-11/h8-10H,3-7H2,1-2H3,(H,13,14,15). The molecule has 1 aliphatic heterocycles. The Morgan fingerprint density at radius 1 is 1.47 bits per heavy atom. The summed E-state index contributed by atoms with van der Waals surface area (Å²) < 4.78 is 0. The maximum atomic E-state index is 12.1. The van der Waals surface area contributed by atoms with Crippen molar-refractivity contribution in [1.29, 1.82) is 0 Å². The summed E-state index contributed by atoms with van der Waals surface area (Å²) >= 11 is 0. The van der Waals surface area contributed by atoms with Crippen molar-refractivity contribution in [3.8, 4) is 0 Å². The third-order valence-corrected chi connectivity index (χ3v) is 3.64. The van der Waals surface area contributed by atoms with Gasteiger partial charge in [-0.05, 0) is 31.1 Å². The van der Waals surface area contributed by atoms with Crippen LogP contribution in [0.25, 0.3) is 0 Å². The normalized spacial score (nSPS) is 21.6. The van der Waals surface area contributed by atoms with E-state index in [0.29, 0.717) is 11.6 Å². The Hall–Kier alpha value is -1.39. The summed E-state index contributed by atoms with van der Waals surface area (Å²) in [5.41, 5.74) is 0.424. The molecule has 1 unspecified atom stereocenters. The molecule has 0 bridgehead atoms. The van der Waals surface area contributed by atoms with Gasteiger partial charge in [-0.25, -0.2) is 0 Å². The molecule has 17 heavy (non-hydrogen) atoms. The Morgan fingerprint density at radius 2 is 2.29 bits per heavy atom. The summed E-state index contributed by atoms with van der Waals surface area (Å²) in [4.78, 5) is 14.0. The number of amides is 1. The summed E-state index contributed by atoms with van der Waals surface area (Å²) in [6.45, 7) is 6.21. The molecule has 1 atom stereocenters. The average Bonchev–Trinajstić information content (AvgIpc) is 2.71. The summed E-state index contributed by atoms with van der Waals surface area (Å²) in [6.07, 6.45) is 4.90. The number of H-pyrrole nitrogens is 1. The van der Waals surface area contributed by atoms with Crippen LogP contribution in [0.3, 0.4) is 0 Å². The molecule has 94 valence electrons. The molecule has 1 aliphatic rings. The number of carbonyl (C=O) groups is 1. The molecule has 1 amide bonds. The van der Waals surface area contributed by atoms with Gasteiger partial charge in [0.2, 0.25) is 0 Å². The highest BCUT2D eigenvalue weighted by atomic mass is 16.2. The van der Waals surface area contributed by atoms with E-state index in [4.69, 9.17) is 0 Å². The van der Waals surface area contributed by atoms with E-state index in [1.807, 2.05) is 4.90 Å². The number of nitrogens with zero attached hydrogens (tertiary/aromatic N) is 3. The van der Waals surface area contributed by atoms with E-state index >= 15 is 0 Å². The van der Waals surface area contributed by atoms with Gasteiger partial charge < -0.3 is 4.90 Å². The molecule has 1 saturated heterocycles. The molecule has 0 spiro atoms. The second-order valence-corrected chi connectivity index (χ2v) is 5.08. The Balaban J connectivity index is 1.97. The van der Waals surface area contributed by atoms with Crippen molar-refractivity contribution >= 4 is 5.91 Å². The van der Waals surface area contributed by atoms with E-state index in [1.165, 1.54) is 12.6 Å². The smallest absolute Gasteiger partial charge is 0.276 e. The van der Waals surface area contributed by atoms with Gasteiger partial charge in [0.15, 0.2) is 5.69 Å². The zero-order chi connectivity index (χ0) is 12.3. The first-order valence-electron chi connectivity index (χ1n) is 6.33. The van der Waals surface area contributed by atoms with Crippen LogP contribution < -0.4 is 0 Å². The summed E-state index contributed by atoms with van der Waals surface area (Å²) in [5, 5.41) is 10.0. The fraction of sp³-hybridized carbons (Fsp3) is 0.750. The number of hydrogen-bond donors (Lipinski definition) is 1. The van der Waals surface area contributed by atoms with Crippen LogP contribution in [0.2, 0.25) is 0 Å². The summed E-state index contributed by atoms with van der Waals surface area (Å²) in [6, 6.07) is 0. The van der Waals surface area contributed by atoms with Crippen LogP contribution in [-0.4, -0.2) is 39.3 Å². The zero-order valence-electron chi connectivity index (χ0n) is 10.5. The highest BCUT2D eigenvalue weighted by Crippen LogP contribution is 2.24. The fourth-order valence-corrected chi connectivity index (χ4v) is 2.46. The number of nitrogens with one attached hydrogen (secondary N) is 1. The van der Waals surface area contributed by atoms with Crippen molar-refractivity contribution in [2.45, 2.75) is 33.1 Å². The van der Waals surface area contributed by atoms with Crippen molar-refractivity contribution < 1.29 is 4.79 Å². The van der Waals surface area contributed by atoms with Crippen molar-refractivity contribution in [2.24, 2.45) is 11.8 Å². The van der Waals surface area contributed by atoms with Gasteiger partial charge in [0.05, 0.1) is 6.20 Å². The van der Waals surface area contributed by atoms with Gasteiger partial charge >= 0.3 is 0 Å². The van der Waals surface area contributed by atoms with E-state index in [-0.39, 0.29) is 5.91 Å². The minimum absolute atomic E-state index is 0.00292. The van der Waals surface area contributed by atoms with Crippen molar-refractivity contribution in [2.75, 3.05) is 13.1 Å². The van der Waals surface area contributed by atoms with Gasteiger partial charge in [-0.3, -0.25) is 4.79 Å². The van der Waals surface area contributed by atoms with Gasteiger partial charge in [0, 0.05) is 13.1 Å². The van der Waals surface area contributed by atoms with E-state index < -0.39 is 0 Å². The monoisotopic (exact) mass is 236 g/mol. The third-order valence-electron chi connectivity index (χ3n) is 3.64. The summed E-state index contributed by atoms with van der Waals surface area (Å²) in [7, 11) is 0. The Bertz CT molecular complexity index is 361. The average molecular weight is 236 g/mol. The number of carbonyl (C=O) groups excluding carboxylic acids is 1. The fourth-order valence-electron chi connectivity index (χ4n) is 2.46. The lowest BCUT2D eigenvalue weighted by atomic mass is 9.89. The van der Waals surface area contributed by atoms with E-state index in [9.17, 15) is 4.79 Å². The number of aromatic amines is 1. The second kappa shape index (κ2) is 5.29. The molecule has 5 heteroatoms. The minimum atomic E-state index is 0.00292. The van der Waals surface area contributed by atoms with Crippen molar-refractivity contribution in [1.82, 2.24) is 20.3 Å². The SMILES string of the molecule is CC(C)C1CCCN(C(=O)c2cn[nH]n2)CC1. The summed E-state index contributed by atoms with van der Waals surface area (Å²) in [5.74, 6) is 1.45. The van der Waals surface area contributed by atoms with Crippen LogP contribution in [0.4, 0.5) is 0 Å². The first-order chi connectivity index (χ1) is 8.18. The Kier molecular flexibility index (Phi) is 3.76. The number of likely N-dealkylation sites (tertiary alicyclic amines) is 1. The maximum absolute atomic E-state index is 12.1. The Morgan fingerprint density at radius 3 is 2.94 bits per heavy atom.